The number of ether oxygens (including phenoxy) is 2. The summed E-state index contributed by atoms with van der Waals surface area (Å²) in [5.41, 5.74) is 1.05. The van der Waals surface area contributed by atoms with Crippen LogP contribution in [0.3, 0.4) is 0 Å². The van der Waals surface area contributed by atoms with Crippen LogP contribution in [0.1, 0.15) is 63.5 Å². The normalized spacial score (nSPS) is 19.0. The molecule has 1 saturated carbocycles. The molecule has 3 rings (SSSR count). The van der Waals surface area contributed by atoms with Crippen LogP contribution in [0.25, 0.3) is 0 Å². The first kappa shape index (κ1) is 15.2. The average Bonchev–Trinajstić information content (AvgIpc) is 3.01. The third-order valence-electron chi connectivity index (χ3n) is 4.78. The van der Waals surface area contributed by atoms with Crippen LogP contribution in [0, 0.1) is 5.92 Å². The molecule has 1 heterocycles. The maximum absolute atomic E-state index is 12.1. The standard InChI is InChI=1S/C18H25NO3/c1-13(15-8-9-16-17(11-15)22-12-21-16)19-18(20)10-7-14-5-3-2-4-6-14/h8-9,11,13-14H,2-7,10,12H2,1H3,(H,19,20). The van der Waals surface area contributed by atoms with Crippen LogP contribution in [0.2, 0.25) is 0 Å². The van der Waals surface area contributed by atoms with Gasteiger partial charge in [0.05, 0.1) is 6.04 Å². The number of fused-ring (bicyclic) bond motifs is 1. The number of carbonyl (C=O) groups excluding carboxylic acids is 1. The van der Waals surface area contributed by atoms with Gasteiger partial charge in [-0.05, 0) is 37.0 Å². The molecule has 1 aliphatic carbocycles. The van der Waals surface area contributed by atoms with Gasteiger partial charge in [-0.15, -0.1) is 0 Å². The molecule has 0 bridgehead atoms. The summed E-state index contributed by atoms with van der Waals surface area (Å²) in [5.74, 6) is 2.44. The summed E-state index contributed by atoms with van der Waals surface area (Å²) in [6.45, 7) is 2.29. The molecule has 1 fully saturated rings. The highest BCUT2D eigenvalue weighted by molar-refractivity contribution is 5.76. The first-order valence-electron chi connectivity index (χ1n) is 8.41. The fourth-order valence-electron chi connectivity index (χ4n) is 3.39. The van der Waals surface area contributed by atoms with E-state index < -0.39 is 0 Å². The maximum atomic E-state index is 12.1. The number of hydrogen-bond donors (Lipinski definition) is 1. The summed E-state index contributed by atoms with van der Waals surface area (Å²) in [6, 6.07) is 5.84. The highest BCUT2D eigenvalue weighted by Crippen LogP contribution is 2.34. The van der Waals surface area contributed by atoms with Crippen LogP contribution in [-0.4, -0.2) is 12.7 Å². The minimum absolute atomic E-state index is 0.00615. The summed E-state index contributed by atoms with van der Waals surface area (Å²) in [5, 5.41) is 3.09. The lowest BCUT2D eigenvalue weighted by atomic mass is 9.86. The van der Waals surface area contributed by atoms with Crippen molar-refractivity contribution in [3.05, 3.63) is 23.8 Å². The number of carbonyl (C=O) groups is 1. The molecule has 120 valence electrons. The Morgan fingerprint density at radius 1 is 1.23 bits per heavy atom. The fraction of sp³-hybridized carbons (Fsp3) is 0.611. The van der Waals surface area contributed by atoms with E-state index in [1.807, 2.05) is 25.1 Å². The van der Waals surface area contributed by atoms with Crippen LogP contribution in [0.5, 0.6) is 11.5 Å². The summed E-state index contributed by atoms with van der Waals surface area (Å²) in [7, 11) is 0. The van der Waals surface area contributed by atoms with E-state index in [9.17, 15) is 4.79 Å². The number of rotatable bonds is 5. The zero-order chi connectivity index (χ0) is 15.4. The van der Waals surface area contributed by atoms with E-state index in [0.717, 1.165) is 29.4 Å². The number of benzene rings is 1. The van der Waals surface area contributed by atoms with Gasteiger partial charge in [-0.3, -0.25) is 4.79 Å². The van der Waals surface area contributed by atoms with Crippen LogP contribution in [-0.2, 0) is 4.79 Å². The van der Waals surface area contributed by atoms with Gasteiger partial charge in [0.25, 0.3) is 0 Å². The predicted molar refractivity (Wildman–Crippen MR) is 84.9 cm³/mol. The summed E-state index contributed by atoms with van der Waals surface area (Å²) < 4.78 is 10.7. The molecular weight excluding hydrogens is 278 g/mol. The van der Waals surface area contributed by atoms with Gasteiger partial charge in [-0.2, -0.15) is 0 Å². The zero-order valence-electron chi connectivity index (χ0n) is 13.3. The van der Waals surface area contributed by atoms with Crippen molar-refractivity contribution in [1.82, 2.24) is 5.32 Å². The lowest BCUT2D eigenvalue weighted by Gasteiger charge is -2.21. The van der Waals surface area contributed by atoms with Gasteiger partial charge in [-0.25, -0.2) is 0 Å². The van der Waals surface area contributed by atoms with Crippen molar-refractivity contribution in [2.75, 3.05) is 6.79 Å². The molecule has 22 heavy (non-hydrogen) atoms. The zero-order valence-corrected chi connectivity index (χ0v) is 13.3. The summed E-state index contributed by atoms with van der Waals surface area (Å²) >= 11 is 0. The van der Waals surface area contributed by atoms with Crippen LogP contribution < -0.4 is 14.8 Å². The molecule has 1 amide bonds. The van der Waals surface area contributed by atoms with E-state index in [4.69, 9.17) is 9.47 Å². The minimum atomic E-state index is -0.00615. The lowest BCUT2D eigenvalue weighted by Crippen LogP contribution is -2.27. The van der Waals surface area contributed by atoms with E-state index >= 15 is 0 Å². The summed E-state index contributed by atoms with van der Waals surface area (Å²) in [6.07, 6.45) is 8.29. The summed E-state index contributed by atoms with van der Waals surface area (Å²) in [4.78, 5) is 12.1. The van der Waals surface area contributed by atoms with Gasteiger partial charge < -0.3 is 14.8 Å². The molecule has 4 heteroatoms. The second kappa shape index (κ2) is 7.03. The van der Waals surface area contributed by atoms with E-state index in [1.54, 1.807) is 0 Å². The van der Waals surface area contributed by atoms with Gasteiger partial charge in [0.1, 0.15) is 0 Å². The van der Waals surface area contributed by atoms with Crippen molar-refractivity contribution in [3.8, 4) is 11.5 Å². The van der Waals surface area contributed by atoms with E-state index in [1.165, 1.54) is 32.1 Å². The molecule has 2 aliphatic rings. The highest BCUT2D eigenvalue weighted by atomic mass is 16.7. The molecule has 0 spiro atoms. The van der Waals surface area contributed by atoms with Crippen molar-refractivity contribution in [1.29, 1.82) is 0 Å². The first-order chi connectivity index (χ1) is 10.7. The molecular formula is C18H25NO3. The van der Waals surface area contributed by atoms with Gasteiger partial charge >= 0.3 is 0 Å². The Balaban J connectivity index is 1.48. The molecule has 0 radical (unpaired) electrons. The smallest absolute Gasteiger partial charge is 0.231 e. The molecule has 4 nitrogen and oxygen atoms in total. The molecule has 0 aromatic heterocycles. The van der Waals surface area contributed by atoms with Gasteiger partial charge in [-0.1, -0.05) is 38.2 Å². The van der Waals surface area contributed by atoms with Crippen molar-refractivity contribution in [2.24, 2.45) is 5.92 Å². The number of amides is 1. The van der Waals surface area contributed by atoms with Crippen LogP contribution >= 0.6 is 0 Å². The largest absolute Gasteiger partial charge is 0.454 e. The Hall–Kier alpha value is -1.71. The maximum Gasteiger partial charge on any atom is 0.231 e. The monoisotopic (exact) mass is 303 g/mol. The Bertz CT molecular complexity index is 523. The SMILES string of the molecule is CC(NC(=O)CCC1CCCCC1)c1ccc2c(c1)OCO2. The van der Waals surface area contributed by atoms with E-state index in [0.29, 0.717) is 6.42 Å². The van der Waals surface area contributed by atoms with Crippen LogP contribution in [0.4, 0.5) is 0 Å². The Kier molecular flexibility index (Phi) is 4.86. The topological polar surface area (TPSA) is 47.6 Å². The van der Waals surface area contributed by atoms with Crippen molar-refractivity contribution in [3.63, 3.8) is 0 Å². The third-order valence-corrected chi connectivity index (χ3v) is 4.78. The van der Waals surface area contributed by atoms with Gasteiger partial charge in [0.15, 0.2) is 11.5 Å². The second-order valence-corrected chi connectivity index (χ2v) is 6.44. The molecule has 1 aliphatic heterocycles. The highest BCUT2D eigenvalue weighted by Gasteiger charge is 2.18. The van der Waals surface area contributed by atoms with Crippen LogP contribution in [0.15, 0.2) is 18.2 Å². The number of nitrogens with one attached hydrogen (secondary N) is 1. The van der Waals surface area contributed by atoms with Crippen molar-refractivity contribution < 1.29 is 14.3 Å². The molecule has 1 aromatic carbocycles. The second-order valence-electron chi connectivity index (χ2n) is 6.44. The molecule has 1 unspecified atom stereocenters. The minimum Gasteiger partial charge on any atom is -0.454 e. The lowest BCUT2D eigenvalue weighted by molar-refractivity contribution is -0.122. The van der Waals surface area contributed by atoms with E-state index in [-0.39, 0.29) is 18.7 Å². The van der Waals surface area contributed by atoms with E-state index in [2.05, 4.69) is 5.32 Å². The average molecular weight is 303 g/mol. The van der Waals surface area contributed by atoms with Gasteiger partial charge in [0.2, 0.25) is 12.7 Å². The van der Waals surface area contributed by atoms with Crippen molar-refractivity contribution in [2.45, 2.75) is 57.9 Å². The molecule has 0 saturated heterocycles. The molecule has 1 atom stereocenters. The Labute approximate surface area is 132 Å². The fourth-order valence-corrected chi connectivity index (χ4v) is 3.39. The van der Waals surface area contributed by atoms with Gasteiger partial charge in [0, 0.05) is 6.42 Å². The molecule has 1 N–H and O–H groups in total. The quantitative estimate of drug-likeness (QED) is 0.896. The Morgan fingerprint density at radius 3 is 2.82 bits per heavy atom. The van der Waals surface area contributed by atoms with Crippen molar-refractivity contribution >= 4 is 5.91 Å². The molecule has 1 aromatic rings. The third kappa shape index (κ3) is 3.73. The first-order valence-corrected chi connectivity index (χ1v) is 8.41. The number of hydrogen-bond acceptors (Lipinski definition) is 3. The predicted octanol–water partition coefficient (Wildman–Crippen LogP) is 3.95. The Morgan fingerprint density at radius 2 is 2.00 bits per heavy atom.